The summed E-state index contributed by atoms with van der Waals surface area (Å²) < 4.78 is 1.48. The van der Waals surface area contributed by atoms with Gasteiger partial charge in [-0.25, -0.2) is 9.67 Å². The number of benzene rings is 1. The summed E-state index contributed by atoms with van der Waals surface area (Å²) in [5.41, 5.74) is 0.419. The van der Waals surface area contributed by atoms with Gasteiger partial charge in [-0.15, -0.1) is 0 Å². The van der Waals surface area contributed by atoms with E-state index in [1.807, 2.05) is 0 Å². The van der Waals surface area contributed by atoms with Crippen molar-refractivity contribution in [3.63, 3.8) is 0 Å². The smallest absolute Gasteiger partial charge is 0.258 e. The standard InChI is InChI=1S/C9H7ClN4O2/c10-8-2-1-3-9(14(15)16)7(8)4-13-6-11-5-12-13/h1-3,5-6H,4H2. The molecule has 2 aromatic rings. The Morgan fingerprint density at radius 3 is 2.94 bits per heavy atom. The van der Waals surface area contributed by atoms with Gasteiger partial charge in [0.15, 0.2) is 0 Å². The van der Waals surface area contributed by atoms with Crippen LogP contribution in [0.1, 0.15) is 5.56 Å². The van der Waals surface area contributed by atoms with Gasteiger partial charge in [0.1, 0.15) is 12.7 Å². The number of hydrogen-bond acceptors (Lipinski definition) is 4. The molecular weight excluding hydrogens is 232 g/mol. The Bertz CT molecular complexity index is 512. The fraction of sp³-hybridized carbons (Fsp3) is 0.111. The third-order valence-corrected chi connectivity index (χ3v) is 2.43. The van der Waals surface area contributed by atoms with E-state index in [1.165, 1.54) is 23.4 Å². The second-order valence-electron chi connectivity index (χ2n) is 3.09. The quantitative estimate of drug-likeness (QED) is 0.605. The summed E-state index contributed by atoms with van der Waals surface area (Å²) in [6, 6.07) is 4.57. The van der Waals surface area contributed by atoms with Crippen molar-refractivity contribution in [2.75, 3.05) is 0 Å². The van der Waals surface area contributed by atoms with Crippen LogP contribution in [-0.4, -0.2) is 19.7 Å². The third kappa shape index (κ3) is 2.01. The maximum Gasteiger partial charge on any atom is 0.275 e. The maximum atomic E-state index is 10.8. The molecule has 0 aliphatic carbocycles. The summed E-state index contributed by atoms with van der Waals surface area (Å²) in [6.07, 6.45) is 2.84. The molecule has 0 spiro atoms. The van der Waals surface area contributed by atoms with Crippen molar-refractivity contribution in [2.45, 2.75) is 6.54 Å². The predicted molar refractivity (Wildman–Crippen MR) is 57.2 cm³/mol. The minimum absolute atomic E-state index is 0.0111. The first kappa shape index (κ1) is 10.6. The molecule has 0 saturated carbocycles. The van der Waals surface area contributed by atoms with E-state index in [0.717, 1.165) is 0 Å². The van der Waals surface area contributed by atoms with E-state index in [2.05, 4.69) is 10.1 Å². The van der Waals surface area contributed by atoms with Crippen molar-refractivity contribution < 1.29 is 4.92 Å². The van der Waals surface area contributed by atoms with Crippen LogP contribution in [0.2, 0.25) is 5.02 Å². The molecular formula is C9H7ClN4O2. The average Bonchev–Trinajstić information content (AvgIpc) is 2.73. The molecule has 0 aliphatic heterocycles. The fourth-order valence-electron chi connectivity index (χ4n) is 1.35. The Hall–Kier alpha value is -1.95. The zero-order valence-electron chi connectivity index (χ0n) is 8.08. The van der Waals surface area contributed by atoms with Gasteiger partial charge in [0.25, 0.3) is 5.69 Å². The molecule has 0 aliphatic rings. The van der Waals surface area contributed by atoms with Crippen LogP contribution in [0.15, 0.2) is 30.9 Å². The molecule has 0 saturated heterocycles. The molecule has 16 heavy (non-hydrogen) atoms. The van der Waals surface area contributed by atoms with Gasteiger partial charge in [-0.3, -0.25) is 10.1 Å². The summed E-state index contributed by atoms with van der Waals surface area (Å²) in [7, 11) is 0. The highest BCUT2D eigenvalue weighted by Crippen LogP contribution is 2.26. The molecule has 0 atom stereocenters. The SMILES string of the molecule is O=[N+]([O-])c1cccc(Cl)c1Cn1cncn1. The number of nitro benzene ring substituents is 1. The Kier molecular flexibility index (Phi) is 2.82. The van der Waals surface area contributed by atoms with Crippen molar-refractivity contribution in [2.24, 2.45) is 0 Å². The van der Waals surface area contributed by atoms with Gasteiger partial charge >= 0.3 is 0 Å². The topological polar surface area (TPSA) is 73.8 Å². The number of aromatic nitrogens is 3. The molecule has 1 heterocycles. The molecule has 1 aromatic carbocycles. The Labute approximate surface area is 95.6 Å². The van der Waals surface area contributed by atoms with Gasteiger partial charge < -0.3 is 0 Å². The van der Waals surface area contributed by atoms with Crippen LogP contribution in [-0.2, 0) is 6.54 Å². The van der Waals surface area contributed by atoms with E-state index in [1.54, 1.807) is 12.1 Å². The van der Waals surface area contributed by atoms with Crippen molar-refractivity contribution in [1.82, 2.24) is 14.8 Å². The number of nitro groups is 1. The summed E-state index contributed by atoms with van der Waals surface area (Å²) in [4.78, 5) is 14.1. The zero-order valence-corrected chi connectivity index (χ0v) is 8.83. The lowest BCUT2D eigenvalue weighted by atomic mass is 10.2. The molecule has 82 valence electrons. The number of halogens is 1. The Balaban J connectivity index is 2.42. The lowest BCUT2D eigenvalue weighted by Crippen LogP contribution is -2.04. The molecule has 0 fully saturated rings. The summed E-state index contributed by atoms with van der Waals surface area (Å²) >= 11 is 5.92. The summed E-state index contributed by atoms with van der Waals surface area (Å²) in [5, 5.41) is 15.0. The predicted octanol–water partition coefficient (Wildman–Crippen LogP) is 1.89. The molecule has 6 nitrogen and oxygen atoms in total. The van der Waals surface area contributed by atoms with Gasteiger partial charge in [0.2, 0.25) is 0 Å². The molecule has 1 aromatic heterocycles. The number of nitrogens with zero attached hydrogens (tertiary/aromatic N) is 4. The van der Waals surface area contributed by atoms with Crippen LogP contribution in [0.5, 0.6) is 0 Å². The fourth-order valence-corrected chi connectivity index (χ4v) is 1.58. The Morgan fingerprint density at radius 1 is 1.50 bits per heavy atom. The van der Waals surface area contributed by atoms with Crippen LogP contribution < -0.4 is 0 Å². The van der Waals surface area contributed by atoms with Crippen LogP contribution in [0.3, 0.4) is 0 Å². The molecule has 0 N–H and O–H groups in total. The lowest BCUT2D eigenvalue weighted by Gasteiger charge is -2.04. The van der Waals surface area contributed by atoms with Crippen LogP contribution in [0, 0.1) is 10.1 Å². The zero-order chi connectivity index (χ0) is 11.5. The second-order valence-corrected chi connectivity index (χ2v) is 3.49. The van der Waals surface area contributed by atoms with Gasteiger partial charge in [-0.1, -0.05) is 17.7 Å². The van der Waals surface area contributed by atoms with Gasteiger partial charge in [-0.05, 0) is 6.07 Å². The highest BCUT2D eigenvalue weighted by atomic mass is 35.5. The molecule has 0 unspecified atom stereocenters. The first-order valence-electron chi connectivity index (χ1n) is 4.42. The van der Waals surface area contributed by atoms with E-state index in [9.17, 15) is 10.1 Å². The second kappa shape index (κ2) is 4.28. The van der Waals surface area contributed by atoms with Crippen LogP contribution in [0.25, 0.3) is 0 Å². The summed E-state index contributed by atoms with van der Waals surface area (Å²) in [5.74, 6) is 0. The Morgan fingerprint density at radius 2 is 2.31 bits per heavy atom. The molecule has 0 radical (unpaired) electrons. The van der Waals surface area contributed by atoms with Crippen molar-refractivity contribution in [1.29, 1.82) is 0 Å². The van der Waals surface area contributed by atoms with E-state index in [4.69, 9.17) is 11.6 Å². The molecule has 2 rings (SSSR count). The number of rotatable bonds is 3. The van der Waals surface area contributed by atoms with Gasteiger partial charge in [0, 0.05) is 6.07 Å². The maximum absolute atomic E-state index is 10.8. The van der Waals surface area contributed by atoms with E-state index < -0.39 is 4.92 Å². The van der Waals surface area contributed by atoms with Crippen molar-refractivity contribution in [3.05, 3.63) is 51.6 Å². The molecule has 0 bridgehead atoms. The molecule has 0 amide bonds. The summed E-state index contributed by atoms with van der Waals surface area (Å²) in [6.45, 7) is 0.232. The number of hydrogen-bond donors (Lipinski definition) is 0. The lowest BCUT2D eigenvalue weighted by molar-refractivity contribution is -0.385. The van der Waals surface area contributed by atoms with Crippen LogP contribution >= 0.6 is 11.6 Å². The van der Waals surface area contributed by atoms with E-state index >= 15 is 0 Å². The highest BCUT2D eigenvalue weighted by molar-refractivity contribution is 6.31. The van der Waals surface area contributed by atoms with Crippen molar-refractivity contribution in [3.8, 4) is 0 Å². The monoisotopic (exact) mass is 238 g/mol. The third-order valence-electron chi connectivity index (χ3n) is 2.08. The van der Waals surface area contributed by atoms with Crippen LogP contribution in [0.4, 0.5) is 5.69 Å². The normalized spacial score (nSPS) is 10.3. The van der Waals surface area contributed by atoms with E-state index in [0.29, 0.717) is 10.6 Å². The first-order valence-corrected chi connectivity index (χ1v) is 4.80. The van der Waals surface area contributed by atoms with Crippen molar-refractivity contribution >= 4 is 17.3 Å². The minimum Gasteiger partial charge on any atom is -0.258 e. The highest BCUT2D eigenvalue weighted by Gasteiger charge is 2.16. The minimum atomic E-state index is -0.460. The first-order chi connectivity index (χ1) is 7.68. The average molecular weight is 239 g/mol. The van der Waals surface area contributed by atoms with Gasteiger partial charge in [0.05, 0.1) is 22.1 Å². The van der Waals surface area contributed by atoms with Gasteiger partial charge in [-0.2, -0.15) is 5.10 Å². The largest absolute Gasteiger partial charge is 0.275 e. The van der Waals surface area contributed by atoms with E-state index in [-0.39, 0.29) is 12.2 Å². The molecule has 7 heteroatoms.